The summed E-state index contributed by atoms with van der Waals surface area (Å²) in [5, 5.41) is 10.7. The molecule has 2 heterocycles. The molecule has 0 saturated carbocycles. The number of halogens is 4. The van der Waals surface area contributed by atoms with Crippen LogP contribution in [0, 0.1) is 10.1 Å². The molecule has 0 amide bonds. The van der Waals surface area contributed by atoms with Gasteiger partial charge in [0.1, 0.15) is 5.82 Å². The summed E-state index contributed by atoms with van der Waals surface area (Å²) in [5.74, 6) is 0.132. The predicted molar refractivity (Wildman–Crippen MR) is 98.3 cm³/mol. The number of anilines is 1. The summed E-state index contributed by atoms with van der Waals surface area (Å²) >= 11 is 5.94. The highest BCUT2D eigenvalue weighted by atomic mass is 35.5. The van der Waals surface area contributed by atoms with Gasteiger partial charge in [-0.1, -0.05) is 17.7 Å². The molecule has 0 radical (unpaired) electrons. The van der Waals surface area contributed by atoms with Gasteiger partial charge < -0.3 is 4.90 Å². The molecule has 0 unspecified atom stereocenters. The van der Waals surface area contributed by atoms with E-state index in [1.54, 1.807) is 4.90 Å². The van der Waals surface area contributed by atoms with E-state index in [1.807, 2.05) is 0 Å². The van der Waals surface area contributed by atoms with Crippen LogP contribution in [0.4, 0.5) is 24.7 Å². The van der Waals surface area contributed by atoms with Crippen LogP contribution in [0.1, 0.15) is 5.56 Å². The average molecular weight is 451 g/mol. The maximum Gasteiger partial charge on any atom is 0.417 e. The van der Waals surface area contributed by atoms with E-state index in [0.717, 1.165) is 16.4 Å². The van der Waals surface area contributed by atoms with Crippen LogP contribution in [0.25, 0.3) is 0 Å². The zero-order valence-electron chi connectivity index (χ0n) is 14.6. The van der Waals surface area contributed by atoms with Gasteiger partial charge in [-0.15, -0.1) is 0 Å². The minimum absolute atomic E-state index is 0.0179. The maximum absolute atomic E-state index is 12.7. The largest absolute Gasteiger partial charge is 0.417 e. The molecule has 2 aromatic rings. The van der Waals surface area contributed by atoms with Crippen LogP contribution in [-0.2, 0) is 16.2 Å². The van der Waals surface area contributed by atoms with Crippen molar-refractivity contribution in [1.29, 1.82) is 0 Å². The van der Waals surface area contributed by atoms with Gasteiger partial charge in [0.15, 0.2) is 0 Å². The Kier molecular flexibility index (Phi) is 5.70. The van der Waals surface area contributed by atoms with Gasteiger partial charge in [-0.2, -0.15) is 17.5 Å². The van der Waals surface area contributed by atoms with Crippen molar-refractivity contribution in [2.24, 2.45) is 0 Å². The molecule has 0 atom stereocenters. The number of non-ortho nitro benzene ring substituents is 1. The average Bonchev–Trinajstić information content (AvgIpc) is 2.67. The number of nitrogens with zero attached hydrogens (tertiary/aromatic N) is 4. The van der Waals surface area contributed by atoms with Crippen LogP contribution in [0.15, 0.2) is 41.4 Å². The van der Waals surface area contributed by atoms with E-state index in [-0.39, 0.29) is 47.6 Å². The molecule has 1 saturated heterocycles. The van der Waals surface area contributed by atoms with E-state index in [4.69, 9.17) is 11.6 Å². The monoisotopic (exact) mass is 450 g/mol. The van der Waals surface area contributed by atoms with Crippen molar-refractivity contribution >= 4 is 33.1 Å². The number of aromatic nitrogens is 1. The number of hydrogen-bond acceptors (Lipinski definition) is 6. The summed E-state index contributed by atoms with van der Waals surface area (Å²) in [6.07, 6.45) is -3.90. The Hall–Kier alpha value is -2.44. The highest BCUT2D eigenvalue weighted by Gasteiger charge is 2.33. The summed E-state index contributed by atoms with van der Waals surface area (Å²) < 4.78 is 64.9. The molecule has 1 aromatic carbocycles. The van der Waals surface area contributed by atoms with Gasteiger partial charge in [-0.3, -0.25) is 10.1 Å². The van der Waals surface area contributed by atoms with E-state index in [1.165, 1.54) is 18.2 Å². The fourth-order valence-electron chi connectivity index (χ4n) is 2.87. The van der Waals surface area contributed by atoms with Gasteiger partial charge >= 0.3 is 6.18 Å². The Labute approximate surface area is 168 Å². The van der Waals surface area contributed by atoms with Crippen molar-refractivity contribution in [3.63, 3.8) is 0 Å². The first-order valence-corrected chi connectivity index (χ1v) is 10.0. The first-order valence-electron chi connectivity index (χ1n) is 8.22. The molecule has 1 aromatic heterocycles. The minimum atomic E-state index is -4.57. The zero-order valence-corrected chi connectivity index (χ0v) is 16.2. The Morgan fingerprint density at radius 3 is 2.34 bits per heavy atom. The highest BCUT2D eigenvalue weighted by Crippen LogP contribution is 2.34. The van der Waals surface area contributed by atoms with Crippen LogP contribution < -0.4 is 4.90 Å². The van der Waals surface area contributed by atoms with Crippen molar-refractivity contribution in [3.05, 3.63) is 57.2 Å². The molecule has 1 aliphatic heterocycles. The first-order chi connectivity index (χ1) is 13.5. The third-order valence-electron chi connectivity index (χ3n) is 4.35. The number of rotatable bonds is 4. The molecule has 13 heteroatoms. The molecule has 8 nitrogen and oxygen atoms in total. The molecule has 1 fully saturated rings. The summed E-state index contributed by atoms with van der Waals surface area (Å²) in [6, 6.07) is 5.50. The summed E-state index contributed by atoms with van der Waals surface area (Å²) in [4.78, 5) is 15.3. The highest BCUT2D eigenvalue weighted by molar-refractivity contribution is 7.89. The number of nitro benzene ring substituents is 1. The lowest BCUT2D eigenvalue weighted by molar-refractivity contribution is -0.385. The minimum Gasteiger partial charge on any atom is -0.353 e. The Morgan fingerprint density at radius 1 is 1.14 bits per heavy atom. The van der Waals surface area contributed by atoms with Gasteiger partial charge in [0.2, 0.25) is 10.0 Å². The van der Waals surface area contributed by atoms with Crippen molar-refractivity contribution < 1.29 is 26.5 Å². The molecule has 0 aliphatic carbocycles. The molecule has 3 rings (SSSR count). The number of piperazine rings is 1. The normalized spacial score (nSPS) is 16.1. The lowest BCUT2D eigenvalue weighted by Crippen LogP contribution is -2.49. The molecule has 0 spiro atoms. The van der Waals surface area contributed by atoms with Gasteiger partial charge in [0.05, 0.1) is 20.4 Å². The van der Waals surface area contributed by atoms with Crippen LogP contribution >= 0.6 is 11.6 Å². The summed E-state index contributed by atoms with van der Waals surface area (Å²) in [6.45, 7) is 0.326. The number of benzene rings is 1. The van der Waals surface area contributed by atoms with Gasteiger partial charge in [0.25, 0.3) is 5.69 Å². The number of nitro groups is 1. The standard InChI is InChI=1S/C16H14ClF3N4O4S/c17-14-8-11(16(18,19)20)10-21-15(14)22-4-6-23(7-5-22)29(27,28)13-3-1-2-12(9-13)24(25)26/h1-3,8-10H,4-7H2. The third-order valence-corrected chi connectivity index (χ3v) is 6.53. The van der Waals surface area contributed by atoms with E-state index >= 15 is 0 Å². The number of hydrogen-bond donors (Lipinski definition) is 0. The second-order valence-electron chi connectivity index (χ2n) is 6.17. The molecular formula is C16H14ClF3N4O4S. The van der Waals surface area contributed by atoms with Crippen molar-refractivity contribution in [1.82, 2.24) is 9.29 Å². The lowest BCUT2D eigenvalue weighted by Gasteiger charge is -2.35. The SMILES string of the molecule is O=[N+]([O-])c1cccc(S(=O)(=O)N2CCN(c3ncc(C(F)(F)F)cc3Cl)CC2)c1. The Bertz CT molecular complexity index is 1040. The number of sulfonamides is 1. The van der Waals surface area contributed by atoms with E-state index in [9.17, 15) is 31.7 Å². The van der Waals surface area contributed by atoms with Crippen LogP contribution in [0.5, 0.6) is 0 Å². The molecular weight excluding hydrogens is 437 g/mol. The molecule has 0 N–H and O–H groups in total. The molecule has 1 aliphatic rings. The zero-order chi connectivity index (χ0) is 21.4. The topological polar surface area (TPSA) is 96.6 Å². The fraction of sp³-hybridized carbons (Fsp3) is 0.312. The fourth-order valence-corrected chi connectivity index (χ4v) is 4.61. The van der Waals surface area contributed by atoms with Gasteiger partial charge in [-0.05, 0) is 12.1 Å². The Balaban J connectivity index is 1.75. The van der Waals surface area contributed by atoms with E-state index in [0.29, 0.717) is 6.20 Å². The second kappa shape index (κ2) is 7.76. The predicted octanol–water partition coefficient (Wildman–Crippen LogP) is 3.17. The number of pyridine rings is 1. The summed E-state index contributed by atoms with van der Waals surface area (Å²) in [5.41, 5.74) is -1.32. The molecule has 0 bridgehead atoms. The van der Waals surface area contributed by atoms with Gasteiger partial charge in [0, 0.05) is 44.5 Å². The Morgan fingerprint density at radius 2 is 1.79 bits per heavy atom. The lowest BCUT2D eigenvalue weighted by atomic mass is 10.2. The van der Waals surface area contributed by atoms with E-state index < -0.39 is 26.7 Å². The summed E-state index contributed by atoms with van der Waals surface area (Å²) in [7, 11) is -3.96. The van der Waals surface area contributed by atoms with Crippen LogP contribution in [0.2, 0.25) is 5.02 Å². The first kappa shape index (κ1) is 21.3. The van der Waals surface area contributed by atoms with Gasteiger partial charge in [-0.25, -0.2) is 13.4 Å². The smallest absolute Gasteiger partial charge is 0.353 e. The second-order valence-corrected chi connectivity index (χ2v) is 8.52. The molecule has 29 heavy (non-hydrogen) atoms. The quantitative estimate of drug-likeness (QED) is 0.524. The molecule has 156 valence electrons. The third kappa shape index (κ3) is 4.43. The maximum atomic E-state index is 12.7. The van der Waals surface area contributed by atoms with Crippen LogP contribution in [-0.4, -0.2) is 48.8 Å². The van der Waals surface area contributed by atoms with Crippen molar-refractivity contribution in [3.8, 4) is 0 Å². The number of alkyl halides is 3. The van der Waals surface area contributed by atoms with Crippen LogP contribution in [0.3, 0.4) is 0 Å². The van der Waals surface area contributed by atoms with Crippen molar-refractivity contribution in [2.45, 2.75) is 11.1 Å². The van der Waals surface area contributed by atoms with Crippen molar-refractivity contribution in [2.75, 3.05) is 31.1 Å². The van der Waals surface area contributed by atoms with E-state index in [2.05, 4.69) is 4.98 Å².